The van der Waals surface area contributed by atoms with Gasteiger partial charge in [-0.1, -0.05) is 64.8 Å². The van der Waals surface area contributed by atoms with Crippen molar-refractivity contribution in [1.82, 2.24) is 20.8 Å². The Balaban J connectivity index is 1.41. The second-order valence-corrected chi connectivity index (χ2v) is 11.0. The summed E-state index contributed by atoms with van der Waals surface area (Å²) in [5.74, 6) is -3.23. The summed E-state index contributed by atoms with van der Waals surface area (Å²) in [5, 5.41) is 29.4. The molecule has 2 atom stereocenters. The number of hydrogen-bond acceptors (Lipinski definition) is 6. The summed E-state index contributed by atoms with van der Waals surface area (Å²) in [7, 11) is 0. The summed E-state index contributed by atoms with van der Waals surface area (Å²) in [6.45, 7) is 5.34. The highest BCUT2D eigenvalue weighted by Gasteiger charge is 2.28. The third-order valence-corrected chi connectivity index (χ3v) is 7.57. The van der Waals surface area contributed by atoms with Gasteiger partial charge in [-0.3, -0.25) is 9.59 Å². The van der Waals surface area contributed by atoms with Crippen molar-refractivity contribution in [1.29, 1.82) is 0 Å². The molecule has 0 saturated heterocycles. The van der Waals surface area contributed by atoms with Crippen LogP contribution < -0.4 is 10.6 Å². The number of carbonyl (C=O) groups is 4. The highest BCUT2D eigenvalue weighted by molar-refractivity contribution is 5.99. The Morgan fingerprint density at radius 3 is 2.22 bits per heavy atom. The van der Waals surface area contributed by atoms with E-state index < -0.39 is 35.8 Å². The van der Waals surface area contributed by atoms with Gasteiger partial charge in [0.2, 0.25) is 5.91 Å². The summed E-state index contributed by atoms with van der Waals surface area (Å²) in [5.41, 5.74) is 5.04. The van der Waals surface area contributed by atoms with E-state index in [1.165, 1.54) is 0 Å². The van der Waals surface area contributed by atoms with Crippen LogP contribution in [0.25, 0.3) is 22.0 Å². The number of nitrogens with one attached hydrogen (secondary N) is 3. The number of carboxylic acids is 2. The van der Waals surface area contributed by atoms with Crippen molar-refractivity contribution in [2.75, 3.05) is 0 Å². The SMILES string of the molecule is Cc1cc(C)cc(C(=O)N[C@H](Cc2ccc(-c3c(C(=O)O)noc3C)cc2)C(=O)N[C@@H](Cc2c[nH]c3ccccc23)C(=O)O)c1. The highest BCUT2D eigenvalue weighted by Crippen LogP contribution is 2.28. The maximum Gasteiger partial charge on any atom is 0.358 e. The van der Waals surface area contributed by atoms with Crippen molar-refractivity contribution in [3.8, 4) is 11.1 Å². The zero-order valence-electron chi connectivity index (χ0n) is 24.9. The minimum atomic E-state index is -1.26. The number of para-hydroxylation sites is 1. The van der Waals surface area contributed by atoms with Gasteiger partial charge in [0.1, 0.15) is 17.8 Å². The molecule has 0 aliphatic carbocycles. The molecular weight excluding hydrogens is 576 g/mol. The van der Waals surface area contributed by atoms with Crippen molar-refractivity contribution in [3.05, 3.63) is 112 Å². The fourth-order valence-electron chi connectivity index (χ4n) is 5.45. The minimum Gasteiger partial charge on any atom is -0.480 e. The molecule has 0 bridgehead atoms. The monoisotopic (exact) mass is 608 g/mol. The largest absolute Gasteiger partial charge is 0.480 e. The highest BCUT2D eigenvalue weighted by atomic mass is 16.5. The fourth-order valence-corrected chi connectivity index (χ4v) is 5.45. The fraction of sp³-hybridized carbons (Fsp3) is 0.206. The summed E-state index contributed by atoms with van der Waals surface area (Å²) < 4.78 is 5.08. The number of aromatic nitrogens is 2. The number of aromatic carboxylic acids is 1. The number of H-pyrrole nitrogens is 1. The van der Waals surface area contributed by atoms with E-state index in [-0.39, 0.29) is 18.5 Å². The van der Waals surface area contributed by atoms with Crippen LogP contribution >= 0.6 is 0 Å². The predicted octanol–water partition coefficient (Wildman–Crippen LogP) is 4.60. The van der Waals surface area contributed by atoms with Crippen LogP contribution in [0.1, 0.15) is 48.9 Å². The van der Waals surface area contributed by atoms with Crippen molar-refractivity contribution in [3.63, 3.8) is 0 Å². The van der Waals surface area contributed by atoms with Crippen LogP contribution in [0.5, 0.6) is 0 Å². The van der Waals surface area contributed by atoms with Gasteiger partial charge in [-0.15, -0.1) is 0 Å². The Bertz CT molecular complexity index is 1890. The molecule has 0 aliphatic rings. The van der Waals surface area contributed by atoms with Gasteiger partial charge in [0.05, 0.1) is 5.56 Å². The molecule has 0 aliphatic heterocycles. The normalized spacial score (nSPS) is 12.4. The van der Waals surface area contributed by atoms with Crippen LogP contribution in [0, 0.1) is 20.8 Å². The minimum absolute atomic E-state index is 0.0293. The summed E-state index contributed by atoms with van der Waals surface area (Å²) in [6.07, 6.45) is 1.79. The molecule has 5 rings (SSSR count). The average Bonchev–Trinajstić information content (AvgIpc) is 3.59. The summed E-state index contributed by atoms with van der Waals surface area (Å²) >= 11 is 0. The van der Waals surface area contributed by atoms with Crippen LogP contribution in [0.2, 0.25) is 0 Å². The molecule has 5 N–H and O–H groups in total. The van der Waals surface area contributed by atoms with E-state index in [1.54, 1.807) is 49.5 Å². The Morgan fingerprint density at radius 1 is 0.867 bits per heavy atom. The lowest BCUT2D eigenvalue weighted by Crippen LogP contribution is -2.53. The zero-order valence-corrected chi connectivity index (χ0v) is 24.9. The molecule has 2 heterocycles. The Labute approximate surface area is 258 Å². The number of aryl methyl sites for hydroxylation is 3. The number of aliphatic carboxylic acids is 1. The van der Waals surface area contributed by atoms with Gasteiger partial charge in [0.15, 0.2) is 5.69 Å². The quantitative estimate of drug-likeness (QED) is 0.145. The molecule has 11 nitrogen and oxygen atoms in total. The van der Waals surface area contributed by atoms with Crippen LogP contribution in [0.15, 0.2) is 77.4 Å². The van der Waals surface area contributed by atoms with Gasteiger partial charge in [-0.25, -0.2) is 9.59 Å². The Kier molecular flexibility index (Phi) is 8.80. The maximum atomic E-state index is 13.7. The molecule has 0 radical (unpaired) electrons. The predicted molar refractivity (Wildman–Crippen MR) is 166 cm³/mol. The topological polar surface area (TPSA) is 175 Å². The number of rotatable bonds is 11. The van der Waals surface area contributed by atoms with E-state index >= 15 is 0 Å². The third kappa shape index (κ3) is 6.93. The average molecular weight is 609 g/mol. The molecule has 230 valence electrons. The number of amides is 2. The van der Waals surface area contributed by atoms with Crippen molar-refractivity contribution >= 4 is 34.7 Å². The zero-order chi connectivity index (χ0) is 32.2. The first-order valence-corrected chi connectivity index (χ1v) is 14.3. The van der Waals surface area contributed by atoms with Crippen LogP contribution in [-0.4, -0.2) is 56.2 Å². The smallest absolute Gasteiger partial charge is 0.358 e. The van der Waals surface area contributed by atoms with Gasteiger partial charge in [-0.2, -0.15) is 0 Å². The molecule has 5 aromatic rings. The van der Waals surface area contributed by atoms with Gasteiger partial charge in [-0.05, 0) is 55.7 Å². The van der Waals surface area contributed by atoms with Crippen molar-refractivity contribution in [2.45, 2.75) is 45.7 Å². The van der Waals surface area contributed by atoms with Crippen molar-refractivity contribution < 1.29 is 33.9 Å². The van der Waals surface area contributed by atoms with Crippen LogP contribution in [-0.2, 0) is 22.4 Å². The summed E-state index contributed by atoms with van der Waals surface area (Å²) in [4.78, 5) is 54.0. The van der Waals surface area contributed by atoms with E-state index in [0.717, 1.165) is 27.6 Å². The molecular formula is C34H32N4O7. The molecule has 2 aromatic heterocycles. The first-order chi connectivity index (χ1) is 21.5. The Morgan fingerprint density at radius 2 is 1.56 bits per heavy atom. The van der Waals surface area contributed by atoms with Gasteiger partial charge in [0.25, 0.3) is 5.91 Å². The first-order valence-electron chi connectivity index (χ1n) is 14.3. The molecule has 2 amide bonds. The maximum absolute atomic E-state index is 13.7. The van der Waals surface area contributed by atoms with E-state index in [9.17, 15) is 29.4 Å². The second kappa shape index (κ2) is 12.9. The molecule has 0 fully saturated rings. The second-order valence-electron chi connectivity index (χ2n) is 11.0. The van der Waals surface area contributed by atoms with Gasteiger partial charge >= 0.3 is 11.9 Å². The van der Waals surface area contributed by atoms with Crippen LogP contribution in [0.3, 0.4) is 0 Å². The van der Waals surface area contributed by atoms with Gasteiger partial charge in [0, 0.05) is 35.5 Å². The molecule has 3 aromatic carbocycles. The van der Waals surface area contributed by atoms with Crippen LogP contribution in [0.4, 0.5) is 0 Å². The lowest BCUT2D eigenvalue weighted by molar-refractivity contribution is -0.142. The first kappa shape index (κ1) is 30.7. The number of fused-ring (bicyclic) bond motifs is 1. The Hall–Kier alpha value is -5.71. The van der Waals surface area contributed by atoms with Crippen molar-refractivity contribution in [2.24, 2.45) is 0 Å². The molecule has 11 heteroatoms. The van der Waals surface area contributed by atoms with E-state index in [0.29, 0.717) is 28.0 Å². The molecule has 0 spiro atoms. The lowest BCUT2D eigenvalue weighted by Gasteiger charge is -2.22. The molecule has 0 unspecified atom stereocenters. The number of carboxylic acid groups (broad SMARTS) is 2. The van der Waals surface area contributed by atoms with E-state index in [1.807, 2.05) is 44.2 Å². The van der Waals surface area contributed by atoms with Gasteiger partial charge < -0.3 is 30.4 Å². The number of nitrogens with zero attached hydrogens (tertiary/aromatic N) is 1. The standard InChI is InChI=1S/C34H32N4O7/c1-18-12-19(2)14-23(13-18)31(39)36-27(15-21-8-10-22(11-9-21)29-20(3)45-38-30(29)34(43)44)32(40)37-28(33(41)42)16-24-17-35-26-7-5-4-6-25(24)26/h4-14,17,27-28,35H,15-16H2,1-3H3,(H,36,39)(H,37,40)(H,41,42)(H,43,44)/t27-,28+/m1/s1. The lowest BCUT2D eigenvalue weighted by atomic mass is 9.98. The number of aromatic amines is 1. The molecule has 0 saturated carbocycles. The number of hydrogen-bond donors (Lipinski definition) is 5. The number of carbonyl (C=O) groups excluding carboxylic acids is 2. The van der Waals surface area contributed by atoms with E-state index in [2.05, 4.69) is 20.8 Å². The third-order valence-electron chi connectivity index (χ3n) is 7.57. The summed E-state index contributed by atoms with van der Waals surface area (Å²) in [6, 6.07) is 17.2. The number of benzene rings is 3. The van der Waals surface area contributed by atoms with E-state index in [4.69, 9.17) is 4.52 Å². The molecule has 45 heavy (non-hydrogen) atoms.